The number of nitrogens with one attached hydrogen (secondary N) is 1. The molecule has 0 aliphatic carbocycles. The van der Waals surface area contributed by atoms with E-state index in [0.29, 0.717) is 11.6 Å². The van der Waals surface area contributed by atoms with E-state index in [9.17, 15) is 4.79 Å². The highest BCUT2D eigenvalue weighted by Gasteiger charge is 2.15. The zero-order chi connectivity index (χ0) is 13.8. The molecule has 1 aliphatic rings. The summed E-state index contributed by atoms with van der Waals surface area (Å²) in [4.78, 5) is 13.5. The van der Waals surface area contributed by atoms with Crippen LogP contribution >= 0.6 is 0 Å². The standard InChI is InChI=1S/C15H23N3O/c1-11-10-12(15(16)19)5-6-14(11)17-13-4-3-8-18(2)9-7-13/h5-6,10,13,17H,3-4,7-9H2,1-2H3,(H2,16,19). The zero-order valence-electron chi connectivity index (χ0n) is 11.8. The molecule has 0 spiro atoms. The molecule has 1 aliphatic heterocycles. The van der Waals surface area contributed by atoms with Crippen molar-refractivity contribution in [1.29, 1.82) is 0 Å². The average molecular weight is 261 g/mol. The summed E-state index contributed by atoms with van der Waals surface area (Å²) in [5.41, 5.74) is 8.05. The Balaban J connectivity index is 2.04. The van der Waals surface area contributed by atoms with Gasteiger partial charge in [-0.3, -0.25) is 4.79 Å². The van der Waals surface area contributed by atoms with Gasteiger partial charge in [0.05, 0.1) is 0 Å². The zero-order valence-corrected chi connectivity index (χ0v) is 11.8. The van der Waals surface area contributed by atoms with Crippen LogP contribution in [0.4, 0.5) is 5.69 Å². The van der Waals surface area contributed by atoms with E-state index in [1.54, 1.807) is 6.07 Å². The third-order valence-electron chi connectivity index (χ3n) is 3.82. The summed E-state index contributed by atoms with van der Waals surface area (Å²) >= 11 is 0. The molecule has 1 atom stereocenters. The summed E-state index contributed by atoms with van der Waals surface area (Å²) in [6.45, 7) is 4.32. The minimum atomic E-state index is -0.370. The van der Waals surface area contributed by atoms with Crippen molar-refractivity contribution >= 4 is 11.6 Å². The Bertz CT molecular complexity index is 459. The molecule has 4 heteroatoms. The summed E-state index contributed by atoms with van der Waals surface area (Å²) in [5.74, 6) is -0.370. The van der Waals surface area contributed by atoms with Crippen LogP contribution in [0.25, 0.3) is 0 Å². The van der Waals surface area contributed by atoms with Gasteiger partial charge in [0, 0.05) is 17.3 Å². The Labute approximate surface area is 115 Å². The van der Waals surface area contributed by atoms with Crippen LogP contribution in [0.15, 0.2) is 18.2 Å². The Morgan fingerprint density at radius 3 is 2.84 bits per heavy atom. The van der Waals surface area contributed by atoms with E-state index in [1.807, 2.05) is 19.1 Å². The smallest absolute Gasteiger partial charge is 0.248 e. The number of anilines is 1. The number of carbonyl (C=O) groups excluding carboxylic acids is 1. The summed E-state index contributed by atoms with van der Waals surface area (Å²) in [6, 6.07) is 6.13. The molecule has 1 saturated heterocycles. The second-order valence-electron chi connectivity index (χ2n) is 5.47. The lowest BCUT2D eigenvalue weighted by Gasteiger charge is -2.19. The highest BCUT2D eigenvalue weighted by atomic mass is 16.1. The highest BCUT2D eigenvalue weighted by molar-refractivity contribution is 5.93. The monoisotopic (exact) mass is 261 g/mol. The van der Waals surface area contributed by atoms with E-state index in [-0.39, 0.29) is 5.91 Å². The summed E-state index contributed by atoms with van der Waals surface area (Å²) in [6.07, 6.45) is 3.58. The van der Waals surface area contributed by atoms with Crippen molar-refractivity contribution in [2.45, 2.75) is 32.2 Å². The molecule has 1 heterocycles. The maximum absolute atomic E-state index is 11.1. The number of carbonyl (C=O) groups is 1. The van der Waals surface area contributed by atoms with Crippen LogP contribution in [0.3, 0.4) is 0 Å². The molecule has 0 aromatic heterocycles. The Morgan fingerprint density at radius 2 is 2.16 bits per heavy atom. The fourth-order valence-corrected chi connectivity index (χ4v) is 2.58. The number of benzene rings is 1. The fraction of sp³-hybridized carbons (Fsp3) is 0.533. The number of rotatable bonds is 3. The number of likely N-dealkylation sites (tertiary alicyclic amines) is 1. The predicted molar refractivity (Wildman–Crippen MR) is 78.5 cm³/mol. The molecule has 0 radical (unpaired) electrons. The molecule has 1 amide bonds. The van der Waals surface area contributed by atoms with Crippen molar-refractivity contribution in [3.63, 3.8) is 0 Å². The lowest BCUT2D eigenvalue weighted by Crippen LogP contribution is -2.23. The van der Waals surface area contributed by atoms with Crippen molar-refractivity contribution in [2.24, 2.45) is 5.73 Å². The summed E-state index contributed by atoms with van der Waals surface area (Å²) < 4.78 is 0. The first-order valence-corrected chi connectivity index (χ1v) is 6.92. The number of primary amides is 1. The van der Waals surface area contributed by atoms with Gasteiger partial charge in [-0.25, -0.2) is 0 Å². The Morgan fingerprint density at radius 1 is 1.37 bits per heavy atom. The number of hydrogen-bond donors (Lipinski definition) is 2. The molecule has 1 aromatic rings. The molecule has 0 saturated carbocycles. The highest BCUT2D eigenvalue weighted by Crippen LogP contribution is 2.21. The van der Waals surface area contributed by atoms with Crippen LogP contribution in [0.2, 0.25) is 0 Å². The third-order valence-corrected chi connectivity index (χ3v) is 3.82. The van der Waals surface area contributed by atoms with E-state index < -0.39 is 0 Å². The minimum absolute atomic E-state index is 0.370. The number of hydrogen-bond acceptors (Lipinski definition) is 3. The van der Waals surface area contributed by atoms with Crippen LogP contribution in [-0.4, -0.2) is 37.0 Å². The van der Waals surface area contributed by atoms with E-state index in [0.717, 1.165) is 24.2 Å². The van der Waals surface area contributed by atoms with Crippen molar-refractivity contribution < 1.29 is 4.79 Å². The molecule has 1 fully saturated rings. The Kier molecular flexibility index (Phi) is 4.43. The largest absolute Gasteiger partial charge is 0.382 e. The summed E-state index contributed by atoms with van der Waals surface area (Å²) in [5, 5.41) is 3.60. The third kappa shape index (κ3) is 3.70. The number of aryl methyl sites for hydroxylation is 1. The van der Waals surface area contributed by atoms with Gasteiger partial charge in [0.1, 0.15) is 0 Å². The van der Waals surface area contributed by atoms with Crippen LogP contribution in [-0.2, 0) is 0 Å². The normalized spacial score (nSPS) is 20.8. The lowest BCUT2D eigenvalue weighted by atomic mass is 10.1. The molecular weight excluding hydrogens is 238 g/mol. The van der Waals surface area contributed by atoms with Gasteiger partial charge in [0.15, 0.2) is 0 Å². The first-order chi connectivity index (χ1) is 9.06. The van der Waals surface area contributed by atoms with E-state index in [2.05, 4.69) is 17.3 Å². The Hall–Kier alpha value is -1.55. The molecule has 4 nitrogen and oxygen atoms in total. The van der Waals surface area contributed by atoms with E-state index in [4.69, 9.17) is 5.73 Å². The minimum Gasteiger partial charge on any atom is -0.382 e. The van der Waals surface area contributed by atoms with Gasteiger partial charge in [0.25, 0.3) is 0 Å². The van der Waals surface area contributed by atoms with E-state index in [1.165, 1.54) is 19.4 Å². The molecule has 19 heavy (non-hydrogen) atoms. The van der Waals surface area contributed by atoms with Crippen LogP contribution in [0, 0.1) is 6.92 Å². The summed E-state index contributed by atoms with van der Waals surface area (Å²) in [7, 11) is 2.18. The molecule has 1 aromatic carbocycles. The number of nitrogens with two attached hydrogens (primary N) is 1. The molecule has 0 bridgehead atoms. The first-order valence-electron chi connectivity index (χ1n) is 6.92. The predicted octanol–water partition coefficient (Wildman–Crippen LogP) is 1.99. The topological polar surface area (TPSA) is 58.4 Å². The van der Waals surface area contributed by atoms with E-state index >= 15 is 0 Å². The number of amides is 1. The second kappa shape index (κ2) is 6.06. The molecule has 2 rings (SSSR count). The molecule has 1 unspecified atom stereocenters. The van der Waals surface area contributed by atoms with Gasteiger partial charge in [-0.15, -0.1) is 0 Å². The van der Waals surface area contributed by atoms with Crippen LogP contribution < -0.4 is 11.1 Å². The maximum atomic E-state index is 11.1. The number of nitrogens with zero attached hydrogens (tertiary/aromatic N) is 1. The van der Waals surface area contributed by atoms with Crippen molar-refractivity contribution in [1.82, 2.24) is 4.90 Å². The second-order valence-corrected chi connectivity index (χ2v) is 5.47. The van der Waals surface area contributed by atoms with Crippen molar-refractivity contribution in [3.8, 4) is 0 Å². The van der Waals surface area contributed by atoms with Gasteiger partial charge in [0.2, 0.25) is 5.91 Å². The molecule has 3 N–H and O–H groups in total. The van der Waals surface area contributed by atoms with Gasteiger partial charge in [-0.1, -0.05) is 0 Å². The molecular formula is C15H23N3O. The van der Waals surface area contributed by atoms with Crippen molar-refractivity contribution in [3.05, 3.63) is 29.3 Å². The quantitative estimate of drug-likeness (QED) is 0.875. The lowest BCUT2D eigenvalue weighted by molar-refractivity contribution is 0.1000. The van der Waals surface area contributed by atoms with Crippen LogP contribution in [0.5, 0.6) is 0 Å². The maximum Gasteiger partial charge on any atom is 0.248 e. The fourth-order valence-electron chi connectivity index (χ4n) is 2.58. The van der Waals surface area contributed by atoms with Crippen LogP contribution in [0.1, 0.15) is 35.2 Å². The van der Waals surface area contributed by atoms with Gasteiger partial charge < -0.3 is 16.0 Å². The molecule has 104 valence electrons. The SMILES string of the molecule is Cc1cc(C(N)=O)ccc1NC1CCCN(C)CC1. The van der Waals surface area contributed by atoms with Crippen molar-refractivity contribution in [2.75, 3.05) is 25.5 Å². The van der Waals surface area contributed by atoms with Gasteiger partial charge in [-0.05, 0) is 70.1 Å². The van der Waals surface area contributed by atoms with Gasteiger partial charge >= 0.3 is 0 Å². The van der Waals surface area contributed by atoms with Gasteiger partial charge in [-0.2, -0.15) is 0 Å². The first kappa shape index (κ1) is 13.9. The average Bonchev–Trinajstić information content (AvgIpc) is 2.57.